The molecule has 0 saturated carbocycles. The highest BCUT2D eigenvalue weighted by molar-refractivity contribution is 7.99. The van der Waals surface area contributed by atoms with Gasteiger partial charge in [0.25, 0.3) is 5.91 Å². The Kier molecular flexibility index (Phi) is 8.47. The molecular weight excluding hydrogens is 498 g/mol. The van der Waals surface area contributed by atoms with Crippen LogP contribution in [0.3, 0.4) is 0 Å². The summed E-state index contributed by atoms with van der Waals surface area (Å²) in [5, 5.41) is 12.3. The van der Waals surface area contributed by atoms with Crippen molar-refractivity contribution in [2.45, 2.75) is 50.2 Å². The molecule has 1 aromatic carbocycles. The van der Waals surface area contributed by atoms with E-state index < -0.39 is 10.0 Å². The molecule has 1 aliphatic heterocycles. The maximum Gasteiger partial charge on any atom is 0.251 e. The molecule has 194 valence electrons. The van der Waals surface area contributed by atoms with Crippen molar-refractivity contribution < 1.29 is 13.2 Å². The number of thioether (sulfide) groups is 1. The summed E-state index contributed by atoms with van der Waals surface area (Å²) in [6.07, 6.45) is 3.51. The van der Waals surface area contributed by atoms with Crippen molar-refractivity contribution in [2.24, 2.45) is 5.92 Å². The lowest BCUT2D eigenvalue weighted by molar-refractivity contribution is 0.0952. The van der Waals surface area contributed by atoms with Crippen molar-refractivity contribution in [1.29, 1.82) is 0 Å². The number of nitrogens with one attached hydrogen (secondary N) is 2. The van der Waals surface area contributed by atoms with Crippen LogP contribution < -0.4 is 10.6 Å². The van der Waals surface area contributed by atoms with Gasteiger partial charge in [-0.3, -0.25) is 4.79 Å². The summed E-state index contributed by atoms with van der Waals surface area (Å²) >= 11 is 1.57. The molecule has 0 atom stereocenters. The minimum atomic E-state index is -3.50. The zero-order chi connectivity index (χ0) is 25.7. The molecule has 36 heavy (non-hydrogen) atoms. The van der Waals surface area contributed by atoms with Crippen molar-refractivity contribution in [1.82, 2.24) is 29.4 Å². The number of nitrogens with zero attached hydrogens (tertiary/aromatic N) is 5. The highest BCUT2D eigenvalue weighted by atomic mass is 32.2. The molecular formula is C24H33N7O3S2. The van der Waals surface area contributed by atoms with Gasteiger partial charge in [0, 0.05) is 31.7 Å². The van der Waals surface area contributed by atoms with Crippen LogP contribution in [0.15, 0.2) is 40.5 Å². The maximum absolute atomic E-state index is 12.7. The number of aromatic nitrogens is 4. The number of rotatable bonds is 11. The molecule has 10 nitrogen and oxygen atoms in total. The van der Waals surface area contributed by atoms with Crippen LogP contribution in [0.4, 0.5) is 5.82 Å². The number of hydrogen-bond donors (Lipinski definition) is 2. The molecule has 0 unspecified atom stereocenters. The second-order valence-corrected chi connectivity index (χ2v) is 12.2. The summed E-state index contributed by atoms with van der Waals surface area (Å²) < 4.78 is 28.6. The first kappa shape index (κ1) is 26.4. The van der Waals surface area contributed by atoms with Crippen molar-refractivity contribution in [3.05, 3.63) is 36.0 Å². The van der Waals surface area contributed by atoms with Gasteiger partial charge in [-0.25, -0.2) is 23.1 Å². The largest absolute Gasteiger partial charge is 0.369 e. The highest BCUT2D eigenvalue weighted by Crippen LogP contribution is 2.25. The lowest BCUT2D eigenvalue weighted by Crippen LogP contribution is -2.29. The normalized spacial score (nSPS) is 14.6. The summed E-state index contributed by atoms with van der Waals surface area (Å²) in [4.78, 5) is 22.2. The summed E-state index contributed by atoms with van der Waals surface area (Å²) in [7, 11) is -3.50. The van der Waals surface area contributed by atoms with Crippen LogP contribution in [0.1, 0.15) is 44.0 Å². The number of amides is 1. The van der Waals surface area contributed by atoms with Crippen LogP contribution in [0.2, 0.25) is 0 Å². The fourth-order valence-corrected chi connectivity index (χ4v) is 6.04. The molecule has 1 saturated heterocycles. The first-order valence-corrected chi connectivity index (χ1v) is 14.7. The summed E-state index contributed by atoms with van der Waals surface area (Å²) in [5.74, 6) is 1.82. The van der Waals surface area contributed by atoms with Gasteiger partial charge in [-0.2, -0.15) is 9.40 Å². The number of carbonyl (C=O) groups excluding carboxylic acids is 1. The average Bonchev–Trinajstić information content (AvgIpc) is 3.54. The Bertz CT molecular complexity index is 1300. The van der Waals surface area contributed by atoms with Gasteiger partial charge >= 0.3 is 0 Å². The molecule has 1 aliphatic rings. The first-order valence-electron chi connectivity index (χ1n) is 12.3. The van der Waals surface area contributed by atoms with Crippen molar-refractivity contribution in [2.75, 3.05) is 37.2 Å². The number of hydrogen-bond acceptors (Lipinski definition) is 8. The van der Waals surface area contributed by atoms with E-state index in [2.05, 4.69) is 46.5 Å². The number of carbonyl (C=O) groups is 1. The monoisotopic (exact) mass is 531 g/mol. The van der Waals surface area contributed by atoms with E-state index >= 15 is 0 Å². The Balaban J connectivity index is 1.41. The van der Waals surface area contributed by atoms with E-state index in [1.165, 1.54) is 16.4 Å². The van der Waals surface area contributed by atoms with Crippen LogP contribution in [0, 0.1) is 5.92 Å². The molecule has 12 heteroatoms. The minimum Gasteiger partial charge on any atom is -0.369 e. The van der Waals surface area contributed by atoms with Crippen LogP contribution in [-0.2, 0) is 16.6 Å². The zero-order valence-corrected chi connectivity index (χ0v) is 22.5. The minimum absolute atomic E-state index is 0.214. The third kappa shape index (κ3) is 5.98. The van der Waals surface area contributed by atoms with Gasteiger partial charge in [0.05, 0.1) is 23.0 Å². The number of benzene rings is 1. The molecule has 0 spiro atoms. The van der Waals surface area contributed by atoms with Crippen LogP contribution in [-0.4, -0.2) is 70.3 Å². The zero-order valence-electron chi connectivity index (χ0n) is 20.9. The first-order chi connectivity index (χ1) is 17.3. The Morgan fingerprint density at radius 2 is 1.86 bits per heavy atom. The predicted octanol–water partition coefficient (Wildman–Crippen LogP) is 3.22. The molecule has 1 amide bonds. The Labute approximate surface area is 216 Å². The number of fused-ring (bicyclic) bond motifs is 1. The van der Waals surface area contributed by atoms with Gasteiger partial charge in [-0.15, -0.1) is 0 Å². The van der Waals surface area contributed by atoms with E-state index in [4.69, 9.17) is 0 Å². The Hall–Kier alpha value is -2.70. The topological polar surface area (TPSA) is 122 Å². The van der Waals surface area contributed by atoms with Crippen LogP contribution in [0.25, 0.3) is 11.0 Å². The SMILES string of the molecule is CCSc1nc(NCC(C)C)c2cnn(CCNC(=O)c3ccc(S(=O)(=O)N4CCCC4)cc3)c2n1. The molecule has 4 rings (SSSR count). The fraction of sp³-hybridized carbons (Fsp3) is 0.500. The highest BCUT2D eigenvalue weighted by Gasteiger charge is 2.27. The average molecular weight is 532 g/mol. The Morgan fingerprint density at radius 3 is 2.53 bits per heavy atom. The summed E-state index contributed by atoms with van der Waals surface area (Å²) in [6.45, 7) is 9.00. The molecule has 2 N–H and O–H groups in total. The predicted molar refractivity (Wildman–Crippen MR) is 142 cm³/mol. The van der Waals surface area contributed by atoms with E-state index in [0.717, 1.165) is 42.0 Å². The molecule has 2 aromatic heterocycles. The molecule has 1 fully saturated rings. The van der Waals surface area contributed by atoms with Gasteiger partial charge < -0.3 is 10.6 Å². The van der Waals surface area contributed by atoms with Gasteiger partial charge in [0.1, 0.15) is 5.82 Å². The molecule has 0 radical (unpaired) electrons. The fourth-order valence-electron chi connectivity index (χ4n) is 3.96. The smallest absolute Gasteiger partial charge is 0.251 e. The van der Waals surface area contributed by atoms with Crippen molar-refractivity contribution >= 4 is 44.5 Å². The van der Waals surface area contributed by atoms with Crippen LogP contribution in [0.5, 0.6) is 0 Å². The van der Waals surface area contributed by atoms with Gasteiger partial charge in [-0.1, -0.05) is 32.5 Å². The van der Waals surface area contributed by atoms with E-state index in [1.54, 1.807) is 34.8 Å². The van der Waals surface area contributed by atoms with Gasteiger partial charge in [-0.05, 0) is 48.8 Å². The molecule has 0 aliphatic carbocycles. The quantitative estimate of drug-likeness (QED) is 0.286. The van der Waals surface area contributed by atoms with Gasteiger partial charge in [0.2, 0.25) is 10.0 Å². The van der Waals surface area contributed by atoms with E-state index in [0.29, 0.717) is 42.8 Å². The van der Waals surface area contributed by atoms with E-state index in [-0.39, 0.29) is 10.8 Å². The molecule has 0 bridgehead atoms. The third-order valence-electron chi connectivity index (χ3n) is 5.86. The number of anilines is 1. The summed E-state index contributed by atoms with van der Waals surface area (Å²) in [6, 6.07) is 6.10. The standard InChI is InChI=1S/C24H33N7O3S2/c1-4-35-24-28-21(26-15-17(2)3)20-16-27-31(22(20)29-24)14-11-25-23(32)18-7-9-19(10-8-18)36(33,34)30-12-5-6-13-30/h7-10,16-17H,4-6,11-15H2,1-3H3,(H,25,32)(H,26,28,29). The van der Waals surface area contributed by atoms with Crippen LogP contribution >= 0.6 is 11.8 Å². The van der Waals surface area contributed by atoms with E-state index in [9.17, 15) is 13.2 Å². The maximum atomic E-state index is 12.7. The molecule has 3 aromatic rings. The van der Waals surface area contributed by atoms with Crippen molar-refractivity contribution in [3.63, 3.8) is 0 Å². The lowest BCUT2D eigenvalue weighted by atomic mass is 10.2. The molecule has 3 heterocycles. The number of sulfonamides is 1. The van der Waals surface area contributed by atoms with Crippen molar-refractivity contribution in [3.8, 4) is 0 Å². The van der Waals surface area contributed by atoms with Gasteiger partial charge in [0.15, 0.2) is 10.8 Å². The second-order valence-electron chi connectivity index (χ2n) is 9.06. The third-order valence-corrected chi connectivity index (χ3v) is 8.50. The second kappa shape index (κ2) is 11.6. The summed E-state index contributed by atoms with van der Waals surface area (Å²) in [5.41, 5.74) is 1.13. The Morgan fingerprint density at radius 1 is 1.14 bits per heavy atom. The van der Waals surface area contributed by atoms with E-state index in [1.807, 2.05) is 0 Å². The lowest BCUT2D eigenvalue weighted by Gasteiger charge is -2.15.